The summed E-state index contributed by atoms with van der Waals surface area (Å²) in [5.74, 6) is 3.77. The molecule has 0 fully saturated rings. The summed E-state index contributed by atoms with van der Waals surface area (Å²) in [6.07, 6.45) is 0. The summed E-state index contributed by atoms with van der Waals surface area (Å²) in [6, 6.07) is 4.36. The molecule has 96 valence electrons. The van der Waals surface area contributed by atoms with E-state index in [1.807, 2.05) is 11.4 Å². The summed E-state index contributed by atoms with van der Waals surface area (Å²) in [6.45, 7) is 1.52. The molecule has 1 unspecified atom stereocenters. The van der Waals surface area contributed by atoms with E-state index in [0.717, 1.165) is 9.35 Å². The molecule has 0 aliphatic carbocycles. The van der Waals surface area contributed by atoms with Gasteiger partial charge in [0.1, 0.15) is 0 Å². The average molecular weight is 333 g/mol. The zero-order valence-corrected chi connectivity index (χ0v) is 11.9. The lowest BCUT2D eigenvalue weighted by Crippen LogP contribution is -2.29. The van der Waals surface area contributed by atoms with Crippen LogP contribution < -0.4 is 11.3 Å². The fourth-order valence-electron chi connectivity index (χ4n) is 1.69. The van der Waals surface area contributed by atoms with Crippen LogP contribution in [-0.2, 0) is 0 Å². The van der Waals surface area contributed by atoms with Gasteiger partial charge in [0.05, 0.1) is 6.04 Å². The van der Waals surface area contributed by atoms with E-state index in [0.29, 0.717) is 0 Å². The molecule has 1 heterocycles. The van der Waals surface area contributed by atoms with Gasteiger partial charge < -0.3 is 0 Å². The number of nitrogens with two attached hydrogens (primary N) is 1. The van der Waals surface area contributed by atoms with Crippen molar-refractivity contribution in [2.45, 2.75) is 13.0 Å². The van der Waals surface area contributed by atoms with Crippen molar-refractivity contribution in [1.29, 1.82) is 0 Å². The molecule has 0 aliphatic rings. The largest absolute Gasteiger partial charge is 0.271 e. The Balaban J connectivity index is 2.49. The van der Waals surface area contributed by atoms with Crippen molar-refractivity contribution in [3.8, 4) is 0 Å². The van der Waals surface area contributed by atoms with Crippen molar-refractivity contribution < 1.29 is 8.78 Å². The van der Waals surface area contributed by atoms with Gasteiger partial charge in [-0.3, -0.25) is 5.84 Å². The highest BCUT2D eigenvalue weighted by Crippen LogP contribution is 2.31. The van der Waals surface area contributed by atoms with Crippen molar-refractivity contribution in [2.24, 2.45) is 5.84 Å². The molecule has 2 aromatic rings. The molecule has 0 aliphatic heterocycles. The number of hydrogen-bond donors (Lipinski definition) is 2. The highest BCUT2D eigenvalue weighted by Gasteiger charge is 2.21. The third-order valence-electron chi connectivity index (χ3n) is 2.66. The SMILES string of the molecule is Cc1ccc(C(NN)c2cc(Br)cs2)c(F)c1F. The van der Waals surface area contributed by atoms with Gasteiger partial charge >= 0.3 is 0 Å². The topological polar surface area (TPSA) is 38.0 Å². The molecule has 1 atom stereocenters. The van der Waals surface area contributed by atoms with Crippen LogP contribution >= 0.6 is 27.3 Å². The molecule has 0 radical (unpaired) electrons. The minimum atomic E-state index is -0.859. The maximum atomic E-state index is 13.9. The number of benzene rings is 1. The van der Waals surface area contributed by atoms with Crippen LogP contribution in [0.4, 0.5) is 8.78 Å². The number of aryl methyl sites for hydroxylation is 1. The minimum Gasteiger partial charge on any atom is -0.271 e. The quantitative estimate of drug-likeness (QED) is 0.665. The van der Waals surface area contributed by atoms with E-state index >= 15 is 0 Å². The number of nitrogens with one attached hydrogen (secondary N) is 1. The summed E-state index contributed by atoms with van der Waals surface area (Å²) in [5.41, 5.74) is 3.00. The average Bonchev–Trinajstić information content (AvgIpc) is 2.77. The molecule has 3 N–H and O–H groups in total. The Labute approximate surface area is 116 Å². The van der Waals surface area contributed by atoms with Crippen LogP contribution in [-0.4, -0.2) is 0 Å². The zero-order valence-electron chi connectivity index (χ0n) is 9.51. The highest BCUT2D eigenvalue weighted by molar-refractivity contribution is 9.10. The molecule has 0 bridgehead atoms. The molecule has 0 saturated heterocycles. The number of rotatable bonds is 3. The summed E-state index contributed by atoms with van der Waals surface area (Å²) >= 11 is 4.74. The van der Waals surface area contributed by atoms with Crippen LogP contribution in [0.3, 0.4) is 0 Å². The van der Waals surface area contributed by atoms with E-state index in [-0.39, 0.29) is 11.1 Å². The van der Waals surface area contributed by atoms with E-state index in [9.17, 15) is 8.78 Å². The van der Waals surface area contributed by atoms with Gasteiger partial charge in [0.15, 0.2) is 11.6 Å². The third-order valence-corrected chi connectivity index (χ3v) is 4.41. The Bertz CT molecular complexity index is 571. The fourth-order valence-corrected chi connectivity index (χ4v) is 3.21. The Morgan fingerprint density at radius 1 is 1.33 bits per heavy atom. The molecule has 1 aromatic heterocycles. The van der Waals surface area contributed by atoms with Gasteiger partial charge in [0.2, 0.25) is 0 Å². The van der Waals surface area contributed by atoms with Crippen molar-refractivity contribution in [2.75, 3.05) is 0 Å². The summed E-state index contributed by atoms with van der Waals surface area (Å²) in [7, 11) is 0. The number of hydrogen-bond acceptors (Lipinski definition) is 3. The molecule has 0 spiro atoms. The van der Waals surface area contributed by atoms with Crippen LogP contribution in [0.5, 0.6) is 0 Å². The maximum absolute atomic E-state index is 13.9. The molecular formula is C12H11BrF2N2S. The maximum Gasteiger partial charge on any atom is 0.164 e. The number of halogens is 3. The number of hydrazine groups is 1. The van der Waals surface area contributed by atoms with Gasteiger partial charge in [-0.05, 0) is 34.5 Å². The summed E-state index contributed by atoms with van der Waals surface area (Å²) in [4.78, 5) is 0.812. The molecule has 0 saturated carbocycles. The van der Waals surface area contributed by atoms with E-state index in [2.05, 4.69) is 21.4 Å². The lowest BCUT2D eigenvalue weighted by atomic mass is 10.0. The van der Waals surface area contributed by atoms with Crippen LogP contribution in [0, 0.1) is 18.6 Å². The second kappa shape index (κ2) is 5.44. The molecular weight excluding hydrogens is 322 g/mol. The van der Waals surface area contributed by atoms with E-state index < -0.39 is 17.7 Å². The van der Waals surface area contributed by atoms with Gasteiger partial charge in [0.25, 0.3) is 0 Å². The van der Waals surface area contributed by atoms with Gasteiger partial charge in [-0.25, -0.2) is 14.2 Å². The molecule has 2 nitrogen and oxygen atoms in total. The first-order valence-electron chi connectivity index (χ1n) is 5.19. The molecule has 0 amide bonds. The monoisotopic (exact) mass is 332 g/mol. The van der Waals surface area contributed by atoms with Gasteiger partial charge in [-0.2, -0.15) is 0 Å². The number of thiophene rings is 1. The first kappa shape index (κ1) is 13.6. The van der Waals surface area contributed by atoms with Gasteiger partial charge in [-0.1, -0.05) is 12.1 Å². The van der Waals surface area contributed by atoms with Crippen LogP contribution in [0.2, 0.25) is 0 Å². The predicted molar refractivity (Wildman–Crippen MR) is 72.3 cm³/mol. The minimum absolute atomic E-state index is 0.204. The van der Waals surface area contributed by atoms with E-state index in [4.69, 9.17) is 5.84 Å². The van der Waals surface area contributed by atoms with Crippen molar-refractivity contribution >= 4 is 27.3 Å². The second-order valence-electron chi connectivity index (χ2n) is 3.87. The molecule has 2 rings (SSSR count). The first-order valence-corrected chi connectivity index (χ1v) is 6.86. The Morgan fingerprint density at radius 3 is 2.61 bits per heavy atom. The lowest BCUT2D eigenvalue weighted by Gasteiger charge is -2.16. The zero-order chi connectivity index (χ0) is 13.3. The summed E-state index contributed by atoms with van der Waals surface area (Å²) in [5, 5.41) is 1.86. The van der Waals surface area contributed by atoms with Crippen LogP contribution in [0.25, 0.3) is 0 Å². The first-order chi connectivity index (χ1) is 8.54. The molecule has 1 aromatic carbocycles. The third kappa shape index (κ3) is 2.47. The van der Waals surface area contributed by atoms with Crippen LogP contribution in [0.15, 0.2) is 28.1 Å². The van der Waals surface area contributed by atoms with Gasteiger partial charge in [0, 0.05) is 20.3 Å². The van der Waals surface area contributed by atoms with E-state index in [1.54, 1.807) is 12.1 Å². The predicted octanol–water partition coefficient (Wildman–Crippen LogP) is 3.65. The lowest BCUT2D eigenvalue weighted by molar-refractivity contribution is 0.480. The fraction of sp³-hybridized carbons (Fsp3) is 0.167. The molecule has 18 heavy (non-hydrogen) atoms. The standard InChI is InChI=1S/C12H11BrF2N2S/c1-6-2-3-8(11(15)10(6)14)12(17-16)9-4-7(13)5-18-9/h2-5,12,17H,16H2,1H3. The Kier molecular flexibility index (Phi) is 4.11. The highest BCUT2D eigenvalue weighted by atomic mass is 79.9. The van der Waals surface area contributed by atoms with Crippen molar-refractivity contribution in [3.63, 3.8) is 0 Å². The summed E-state index contributed by atoms with van der Waals surface area (Å²) < 4.78 is 28.4. The van der Waals surface area contributed by atoms with Gasteiger partial charge in [-0.15, -0.1) is 11.3 Å². The smallest absolute Gasteiger partial charge is 0.164 e. The Hall–Kier alpha value is -0.820. The van der Waals surface area contributed by atoms with Crippen molar-refractivity contribution in [3.05, 3.63) is 55.7 Å². The second-order valence-corrected chi connectivity index (χ2v) is 5.73. The van der Waals surface area contributed by atoms with Crippen LogP contribution in [0.1, 0.15) is 22.0 Å². The normalized spacial score (nSPS) is 12.7. The van der Waals surface area contributed by atoms with E-state index in [1.165, 1.54) is 18.3 Å². The molecule has 6 heteroatoms. The Morgan fingerprint density at radius 2 is 2.06 bits per heavy atom. The van der Waals surface area contributed by atoms with Crippen molar-refractivity contribution in [1.82, 2.24) is 5.43 Å².